The molecule has 1 unspecified atom stereocenters. The average molecular weight is 198 g/mol. The van der Waals surface area contributed by atoms with E-state index in [9.17, 15) is 5.11 Å². The van der Waals surface area contributed by atoms with E-state index in [-0.39, 0.29) is 6.10 Å². The van der Waals surface area contributed by atoms with Crippen LogP contribution in [0.25, 0.3) is 0 Å². The van der Waals surface area contributed by atoms with Gasteiger partial charge in [0, 0.05) is 0 Å². The molecule has 1 heteroatoms. The summed E-state index contributed by atoms with van der Waals surface area (Å²) in [6.45, 7) is 8.29. The summed E-state index contributed by atoms with van der Waals surface area (Å²) in [6, 6.07) is 0. The Kier molecular flexibility index (Phi) is 9.06. The third-order valence-electron chi connectivity index (χ3n) is 2.71. The smallest absolute Gasteiger partial charge is 0.0540 e. The van der Waals surface area contributed by atoms with E-state index in [2.05, 4.69) is 20.4 Å². The zero-order valence-corrected chi connectivity index (χ0v) is 9.89. The molecule has 0 fully saturated rings. The molecule has 0 aliphatic heterocycles. The zero-order valence-electron chi connectivity index (χ0n) is 9.89. The van der Waals surface area contributed by atoms with Crippen molar-refractivity contribution >= 4 is 0 Å². The quantitative estimate of drug-likeness (QED) is 0.437. The van der Waals surface area contributed by atoms with Crippen molar-refractivity contribution in [1.29, 1.82) is 0 Å². The van der Waals surface area contributed by atoms with E-state index >= 15 is 0 Å². The summed E-state index contributed by atoms with van der Waals surface area (Å²) < 4.78 is 0. The Labute approximate surface area is 89.2 Å². The fraction of sp³-hybridized carbons (Fsp3) is 0.846. The van der Waals surface area contributed by atoms with Crippen LogP contribution in [0.4, 0.5) is 0 Å². The van der Waals surface area contributed by atoms with E-state index < -0.39 is 0 Å². The Bertz CT molecular complexity index is 140. The molecule has 14 heavy (non-hydrogen) atoms. The van der Waals surface area contributed by atoms with Crippen LogP contribution >= 0.6 is 0 Å². The number of rotatable bonds is 9. The van der Waals surface area contributed by atoms with Crippen molar-refractivity contribution in [3.63, 3.8) is 0 Å². The van der Waals surface area contributed by atoms with Crippen LogP contribution in [0.15, 0.2) is 12.2 Å². The molecule has 0 amide bonds. The molecule has 0 saturated carbocycles. The van der Waals surface area contributed by atoms with Gasteiger partial charge in [0.05, 0.1) is 6.10 Å². The predicted molar refractivity (Wildman–Crippen MR) is 63.4 cm³/mol. The van der Waals surface area contributed by atoms with Crippen molar-refractivity contribution in [1.82, 2.24) is 0 Å². The van der Waals surface area contributed by atoms with Gasteiger partial charge in [-0.2, -0.15) is 0 Å². The second kappa shape index (κ2) is 9.26. The highest BCUT2D eigenvalue weighted by Gasteiger charge is 2.03. The third kappa shape index (κ3) is 8.31. The van der Waals surface area contributed by atoms with Crippen LogP contribution in [0.3, 0.4) is 0 Å². The molecule has 0 aliphatic carbocycles. The maximum atomic E-state index is 9.63. The van der Waals surface area contributed by atoms with E-state index in [4.69, 9.17) is 0 Å². The maximum absolute atomic E-state index is 9.63. The minimum Gasteiger partial charge on any atom is -0.393 e. The lowest BCUT2D eigenvalue weighted by Crippen LogP contribution is -2.05. The van der Waals surface area contributed by atoms with Crippen molar-refractivity contribution in [2.24, 2.45) is 0 Å². The minimum atomic E-state index is -0.0776. The molecule has 0 aliphatic rings. The average Bonchev–Trinajstić information content (AvgIpc) is 2.18. The van der Waals surface area contributed by atoms with Crippen LogP contribution in [-0.2, 0) is 0 Å². The Hall–Kier alpha value is -0.300. The molecule has 0 aromatic heterocycles. The molecule has 1 nitrogen and oxygen atoms in total. The van der Waals surface area contributed by atoms with Crippen LogP contribution < -0.4 is 0 Å². The maximum Gasteiger partial charge on any atom is 0.0540 e. The molecule has 0 heterocycles. The Morgan fingerprint density at radius 2 is 1.79 bits per heavy atom. The minimum absolute atomic E-state index is 0.0776. The normalized spacial score (nSPS) is 12.8. The van der Waals surface area contributed by atoms with Crippen molar-refractivity contribution in [2.75, 3.05) is 0 Å². The first kappa shape index (κ1) is 13.7. The van der Waals surface area contributed by atoms with E-state index in [1.807, 2.05) is 0 Å². The molecule has 1 atom stereocenters. The van der Waals surface area contributed by atoms with Gasteiger partial charge in [-0.15, -0.1) is 0 Å². The summed E-state index contributed by atoms with van der Waals surface area (Å²) in [7, 11) is 0. The summed E-state index contributed by atoms with van der Waals surface area (Å²) in [5.74, 6) is 0. The number of hydrogen-bond acceptors (Lipinski definition) is 1. The number of aliphatic hydroxyl groups excluding tert-OH is 1. The van der Waals surface area contributed by atoms with E-state index in [1.54, 1.807) is 0 Å². The molecular weight excluding hydrogens is 172 g/mol. The predicted octanol–water partition coefficient (Wildman–Crippen LogP) is 4.06. The topological polar surface area (TPSA) is 20.2 Å². The van der Waals surface area contributed by atoms with Gasteiger partial charge in [-0.05, 0) is 32.1 Å². The van der Waals surface area contributed by atoms with E-state index in [1.165, 1.54) is 24.8 Å². The Morgan fingerprint density at radius 1 is 1.14 bits per heavy atom. The molecule has 1 N–H and O–H groups in total. The fourth-order valence-corrected chi connectivity index (χ4v) is 1.54. The SMILES string of the molecule is C=C(CC)CCCC(O)CCCCC. The molecule has 0 aromatic carbocycles. The summed E-state index contributed by atoms with van der Waals surface area (Å²) in [4.78, 5) is 0. The first-order valence-corrected chi connectivity index (χ1v) is 6.05. The summed E-state index contributed by atoms with van der Waals surface area (Å²) >= 11 is 0. The zero-order chi connectivity index (χ0) is 10.8. The molecule has 0 bridgehead atoms. The van der Waals surface area contributed by atoms with Gasteiger partial charge < -0.3 is 5.11 Å². The summed E-state index contributed by atoms with van der Waals surface area (Å²) in [5, 5.41) is 9.63. The van der Waals surface area contributed by atoms with Crippen LogP contribution in [-0.4, -0.2) is 11.2 Å². The second-order valence-corrected chi connectivity index (χ2v) is 4.15. The highest BCUT2D eigenvalue weighted by molar-refractivity contribution is 4.91. The van der Waals surface area contributed by atoms with Gasteiger partial charge >= 0.3 is 0 Å². The second-order valence-electron chi connectivity index (χ2n) is 4.15. The summed E-state index contributed by atoms with van der Waals surface area (Å²) in [5.41, 5.74) is 1.31. The fourth-order valence-electron chi connectivity index (χ4n) is 1.54. The Morgan fingerprint density at radius 3 is 2.36 bits per heavy atom. The highest BCUT2D eigenvalue weighted by Crippen LogP contribution is 2.13. The van der Waals surface area contributed by atoms with Gasteiger partial charge in [-0.25, -0.2) is 0 Å². The molecule has 0 aromatic rings. The van der Waals surface area contributed by atoms with Gasteiger partial charge in [0.1, 0.15) is 0 Å². The molecule has 84 valence electrons. The highest BCUT2D eigenvalue weighted by atomic mass is 16.3. The first-order chi connectivity index (χ1) is 6.70. The van der Waals surface area contributed by atoms with Gasteiger partial charge in [0.15, 0.2) is 0 Å². The van der Waals surface area contributed by atoms with Crippen LogP contribution in [0.1, 0.15) is 65.2 Å². The molecule has 0 saturated heterocycles. The van der Waals surface area contributed by atoms with Crippen molar-refractivity contribution < 1.29 is 5.11 Å². The van der Waals surface area contributed by atoms with Crippen molar-refractivity contribution in [2.45, 2.75) is 71.3 Å². The largest absolute Gasteiger partial charge is 0.393 e. The third-order valence-corrected chi connectivity index (χ3v) is 2.71. The van der Waals surface area contributed by atoms with Gasteiger partial charge in [-0.1, -0.05) is 45.3 Å². The number of aliphatic hydroxyl groups is 1. The van der Waals surface area contributed by atoms with E-state index in [0.717, 1.165) is 32.1 Å². The van der Waals surface area contributed by atoms with Crippen LogP contribution in [0.2, 0.25) is 0 Å². The first-order valence-electron chi connectivity index (χ1n) is 6.05. The van der Waals surface area contributed by atoms with E-state index in [0.29, 0.717) is 0 Å². The van der Waals surface area contributed by atoms with Gasteiger partial charge in [0.25, 0.3) is 0 Å². The number of unbranched alkanes of at least 4 members (excludes halogenated alkanes) is 2. The monoisotopic (exact) mass is 198 g/mol. The Balaban J connectivity index is 3.26. The number of allylic oxidation sites excluding steroid dienone is 1. The molecular formula is C13H26O. The molecule has 0 spiro atoms. The lowest BCUT2D eigenvalue weighted by atomic mass is 10.0. The lowest BCUT2D eigenvalue weighted by molar-refractivity contribution is 0.148. The number of hydrogen-bond donors (Lipinski definition) is 1. The lowest BCUT2D eigenvalue weighted by Gasteiger charge is -2.10. The summed E-state index contributed by atoms with van der Waals surface area (Å²) in [6.07, 6.45) is 8.76. The molecule has 0 rings (SSSR count). The van der Waals surface area contributed by atoms with Crippen molar-refractivity contribution in [3.05, 3.63) is 12.2 Å². The van der Waals surface area contributed by atoms with Crippen LogP contribution in [0, 0.1) is 0 Å². The van der Waals surface area contributed by atoms with Crippen LogP contribution in [0.5, 0.6) is 0 Å². The van der Waals surface area contributed by atoms with Gasteiger partial charge in [-0.3, -0.25) is 0 Å². The standard InChI is InChI=1S/C13H26O/c1-4-6-7-10-13(14)11-8-9-12(3)5-2/h13-14H,3-11H2,1-2H3. The van der Waals surface area contributed by atoms with Gasteiger partial charge in [0.2, 0.25) is 0 Å². The molecule has 0 radical (unpaired) electrons. The van der Waals surface area contributed by atoms with Crippen molar-refractivity contribution in [3.8, 4) is 0 Å².